The van der Waals surface area contributed by atoms with E-state index in [-0.39, 0.29) is 5.41 Å². The fraction of sp³-hybridized carbons (Fsp3) is 0.909. The van der Waals surface area contributed by atoms with Crippen molar-refractivity contribution in [1.82, 2.24) is 0 Å². The molecular formula is C11H19NO. The average molecular weight is 181 g/mol. The smallest absolute Gasteiger partial charge is 0.0635 e. The molecule has 0 aromatic carbocycles. The summed E-state index contributed by atoms with van der Waals surface area (Å²) in [6.07, 6.45) is 4.72. The fourth-order valence-corrected chi connectivity index (χ4v) is 3.36. The maximum Gasteiger partial charge on any atom is 0.0635 e. The van der Waals surface area contributed by atoms with Crippen molar-refractivity contribution in [2.75, 3.05) is 0 Å². The van der Waals surface area contributed by atoms with Crippen LogP contribution in [0.25, 0.3) is 0 Å². The predicted molar refractivity (Wildman–Crippen MR) is 53.1 cm³/mol. The minimum absolute atomic E-state index is 0.157. The number of nitrogens with zero attached hydrogens (tertiary/aromatic N) is 1. The lowest BCUT2D eigenvalue weighted by Gasteiger charge is -2.46. The fourth-order valence-electron chi connectivity index (χ4n) is 3.36. The van der Waals surface area contributed by atoms with E-state index in [0.29, 0.717) is 5.41 Å². The van der Waals surface area contributed by atoms with Crippen molar-refractivity contribution in [1.29, 1.82) is 0 Å². The van der Waals surface area contributed by atoms with Gasteiger partial charge in [0.05, 0.1) is 5.71 Å². The van der Waals surface area contributed by atoms with E-state index in [0.717, 1.165) is 18.1 Å². The van der Waals surface area contributed by atoms with Crippen molar-refractivity contribution in [2.24, 2.45) is 21.9 Å². The Kier molecular flexibility index (Phi) is 1.73. The summed E-state index contributed by atoms with van der Waals surface area (Å²) >= 11 is 0. The Hall–Kier alpha value is -0.530. The molecule has 0 saturated heterocycles. The minimum atomic E-state index is 0.157. The molecule has 1 N–H and O–H groups in total. The van der Waals surface area contributed by atoms with Gasteiger partial charge in [0.15, 0.2) is 0 Å². The molecule has 2 fully saturated rings. The number of oxime groups is 1. The van der Waals surface area contributed by atoms with Gasteiger partial charge in [-0.3, -0.25) is 0 Å². The third kappa shape index (κ3) is 0.918. The molecule has 2 rings (SSSR count). The summed E-state index contributed by atoms with van der Waals surface area (Å²) in [5.41, 5.74) is 1.52. The van der Waals surface area contributed by atoms with Gasteiger partial charge in [-0.25, -0.2) is 0 Å². The summed E-state index contributed by atoms with van der Waals surface area (Å²) in [5.74, 6) is 0.836. The molecule has 2 bridgehead atoms. The van der Waals surface area contributed by atoms with Crippen molar-refractivity contribution in [3.05, 3.63) is 0 Å². The van der Waals surface area contributed by atoms with Crippen molar-refractivity contribution < 1.29 is 5.21 Å². The second kappa shape index (κ2) is 2.49. The van der Waals surface area contributed by atoms with E-state index in [1.165, 1.54) is 19.3 Å². The number of rotatable bonds is 0. The second-order valence-electron chi connectivity index (χ2n) is 5.37. The van der Waals surface area contributed by atoms with Crippen molar-refractivity contribution in [2.45, 2.75) is 46.5 Å². The number of hydrogen-bond acceptors (Lipinski definition) is 2. The molecule has 0 heterocycles. The van der Waals surface area contributed by atoms with Crippen LogP contribution in [0, 0.1) is 16.7 Å². The molecule has 2 aliphatic rings. The van der Waals surface area contributed by atoms with Gasteiger partial charge in [-0.15, -0.1) is 0 Å². The quantitative estimate of drug-likeness (QED) is 0.452. The zero-order valence-electron chi connectivity index (χ0n) is 8.80. The average Bonchev–Trinajstić information content (AvgIpc) is 2.24. The first-order valence-electron chi connectivity index (χ1n) is 5.24. The standard InChI is InChI=1S/C11H19NO/c1-10(2)8-4-5-9(12-13)11(10,3)7-6-8/h8,13H,4-7H2,1-3H3/t8-,11-/m1/s1. The summed E-state index contributed by atoms with van der Waals surface area (Å²) < 4.78 is 0. The molecule has 13 heavy (non-hydrogen) atoms. The molecule has 0 aliphatic heterocycles. The van der Waals surface area contributed by atoms with Crippen LogP contribution >= 0.6 is 0 Å². The van der Waals surface area contributed by atoms with Gasteiger partial charge in [0, 0.05) is 5.41 Å². The minimum Gasteiger partial charge on any atom is -0.411 e. The zero-order valence-corrected chi connectivity index (χ0v) is 8.80. The summed E-state index contributed by atoms with van der Waals surface area (Å²) in [6, 6.07) is 0. The molecule has 2 saturated carbocycles. The Labute approximate surface area is 80.0 Å². The van der Waals surface area contributed by atoms with Gasteiger partial charge in [-0.1, -0.05) is 25.9 Å². The highest BCUT2D eigenvalue weighted by molar-refractivity contribution is 5.91. The van der Waals surface area contributed by atoms with Crippen LogP contribution in [0.4, 0.5) is 0 Å². The topological polar surface area (TPSA) is 32.6 Å². The lowest BCUT2D eigenvalue weighted by atomic mass is 9.58. The van der Waals surface area contributed by atoms with E-state index >= 15 is 0 Å². The Morgan fingerprint density at radius 1 is 1.31 bits per heavy atom. The maximum atomic E-state index is 9.00. The van der Waals surface area contributed by atoms with E-state index in [9.17, 15) is 0 Å². The summed E-state index contributed by atoms with van der Waals surface area (Å²) in [4.78, 5) is 0. The maximum absolute atomic E-state index is 9.00. The van der Waals surface area contributed by atoms with Gasteiger partial charge in [0.1, 0.15) is 0 Å². The molecule has 2 heteroatoms. The Bertz CT molecular complexity index is 257. The van der Waals surface area contributed by atoms with E-state index in [1.54, 1.807) is 0 Å². The molecule has 2 nitrogen and oxygen atoms in total. The van der Waals surface area contributed by atoms with E-state index in [4.69, 9.17) is 5.21 Å². The van der Waals surface area contributed by atoms with Crippen LogP contribution in [-0.2, 0) is 0 Å². The van der Waals surface area contributed by atoms with Gasteiger partial charge in [0.25, 0.3) is 0 Å². The lowest BCUT2D eigenvalue weighted by molar-refractivity contribution is 0.120. The van der Waals surface area contributed by atoms with E-state index in [2.05, 4.69) is 25.9 Å². The zero-order chi connectivity index (χ0) is 9.69. The van der Waals surface area contributed by atoms with Crippen LogP contribution in [-0.4, -0.2) is 10.9 Å². The van der Waals surface area contributed by atoms with E-state index in [1.807, 2.05) is 0 Å². The first kappa shape index (κ1) is 9.04. The summed E-state index contributed by atoms with van der Waals surface area (Å²) in [7, 11) is 0. The first-order valence-corrected chi connectivity index (χ1v) is 5.24. The van der Waals surface area contributed by atoms with Crippen molar-refractivity contribution in [3.8, 4) is 0 Å². The van der Waals surface area contributed by atoms with Crippen LogP contribution in [0.3, 0.4) is 0 Å². The molecule has 0 amide bonds. The van der Waals surface area contributed by atoms with Crippen LogP contribution in [0.1, 0.15) is 46.5 Å². The highest BCUT2D eigenvalue weighted by Crippen LogP contribution is 2.61. The number of fused-ring (bicyclic) bond motifs is 2. The summed E-state index contributed by atoms with van der Waals surface area (Å²) in [5, 5.41) is 12.5. The Balaban J connectivity index is 2.44. The molecule has 0 unspecified atom stereocenters. The molecule has 2 atom stereocenters. The van der Waals surface area contributed by atoms with Gasteiger partial charge < -0.3 is 5.21 Å². The van der Waals surface area contributed by atoms with Gasteiger partial charge in [-0.2, -0.15) is 0 Å². The summed E-state index contributed by atoms with van der Waals surface area (Å²) in [6.45, 7) is 6.92. The first-order chi connectivity index (χ1) is 6.02. The highest BCUT2D eigenvalue weighted by Gasteiger charge is 2.56. The lowest BCUT2D eigenvalue weighted by Crippen LogP contribution is -2.44. The van der Waals surface area contributed by atoms with Crippen LogP contribution in [0.15, 0.2) is 5.16 Å². The Morgan fingerprint density at radius 3 is 2.62 bits per heavy atom. The molecule has 0 radical (unpaired) electrons. The largest absolute Gasteiger partial charge is 0.411 e. The third-order valence-corrected chi connectivity index (χ3v) is 4.92. The third-order valence-electron chi connectivity index (χ3n) is 4.92. The Morgan fingerprint density at radius 2 is 2.00 bits per heavy atom. The molecule has 0 aromatic rings. The van der Waals surface area contributed by atoms with Gasteiger partial charge in [0.2, 0.25) is 0 Å². The van der Waals surface area contributed by atoms with E-state index < -0.39 is 0 Å². The van der Waals surface area contributed by atoms with Crippen LogP contribution < -0.4 is 0 Å². The second-order valence-corrected chi connectivity index (χ2v) is 5.37. The van der Waals surface area contributed by atoms with Crippen LogP contribution in [0.2, 0.25) is 0 Å². The molecule has 0 aromatic heterocycles. The van der Waals surface area contributed by atoms with Gasteiger partial charge >= 0.3 is 0 Å². The normalized spacial score (nSPS) is 45.5. The molecule has 2 aliphatic carbocycles. The molecule has 74 valence electrons. The highest BCUT2D eigenvalue weighted by atomic mass is 16.4. The SMILES string of the molecule is CC1(C)[C@@H]2CCC(=NO)[C@@]1(C)CC2. The monoisotopic (exact) mass is 181 g/mol. The predicted octanol–water partition coefficient (Wildman–Crippen LogP) is 3.05. The van der Waals surface area contributed by atoms with Crippen molar-refractivity contribution >= 4 is 5.71 Å². The molecule has 0 spiro atoms. The molecular weight excluding hydrogens is 162 g/mol. The van der Waals surface area contributed by atoms with Gasteiger partial charge in [-0.05, 0) is 37.0 Å². The van der Waals surface area contributed by atoms with Crippen LogP contribution in [0.5, 0.6) is 0 Å². The van der Waals surface area contributed by atoms with Crippen molar-refractivity contribution in [3.63, 3.8) is 0 Å². The number of hydrogen-bond donors (Lipinski definition) is 1.